The van der Waals surface area contributed by atoms with Gasteiger partial charge < -0.3 is 10.4 Å². The number of rotatable bonds is 5. The Bertz CT molecular complexity index is 110. The summed E-state index contributed by atoms with van der Waals surface area (Å²) < 4.78 is 0. The van der Waals surface area contributed by atoms with Crippen LogP contribution in [0.2, 0.25) is 0 Å². The molecule has 2 nitrogen and oxygen atoms in total. The van der Waals surface area contributed by atoms with Crippen molar-refractivity contribution in [3.05, 3.63) is 12.7 Å². The fraction of sp³-hybridized carbons (Fsp3) is 0.750. The lowest BCUT2D eigenvalue weighted by molar-refractivity contribution is 0.150. The standard InChI is InChI=1S/C8H15NO/c1-2-5-9-6-8(10)7-3-4-7/h2,7-10H,1,3-6H2. The Labute approximate surface area is 61.9 Å². The molecule has 1 unspecified atom stereocenters. The lowest BCUT2D eigenvalue weighted by Crippen LogP contribution is -2.28. The molecule has 0 spiro atoms. The molecule has 0 amide bonds. The quantitative estimate of drug-likeness (QED) is 0.432. The first-order chi connectivity index (χ1) is 4.84. The van der Waals surface area contributed by atoms with Crippen LogP contribution in [0.1, 0.15) is 12.8 Å². The largest absolute Gasteiger partial charge is 0.392 e. The van der Waals surface area contributed by atoms with Gasteiger partial charge in [-0.25, -0.2) is 0 Å². The summed E-state index contributed by atoms with van der Waals surface area (Å²) in [7, 11) is 0. The topological polar surface area (TPSA) is 32.3 Å². The van der Waals surface area contributed by atoms with Gasteiger partial charge in [0.05, 0.1) is 6.10 Å². The van der Waals surface area contributed by atoms with Gasteiger partial charge in [0.1, 0.15) is 0 Å². The maximum atomic E-state index is 9.32. The highest BCUT2D eigenvalue weighted by Crippen LogP contribution is 2.32. The highest BCUT2D eigenvalue weighted by atomic mass is 16.3. The second-order valence-electron chi connectivity index (χ2n) is 2.85. The number of aliphatic hydroxyl groups is 1. The molecule has 10 heavy (non-hydrogen) atoms. The van der Waals surface area contributed by atoms with Crippen molar-refractivity contribution >= 4 is 0 Å². The molecule has 0 bridgehead atoms. The van der Waals surface area contributed by atoms with E-state index in [2.05, 4.69) is 11.9 Å². The van der Waals surface area contributed by atoms with Gasteiger partial charge in [-0.05, 0) is 18.8 Å². The Morgan fingerprint density at radius 1 is 1.70 bits per heavy atom. The van der Waals surface area contributed by atoms with Gasteiger partial charge >= 0.3 is 0 Å². The van der Waals surface area contributed by atoms with Crippen molar-refractivity contribution in [3.8, 4) is 0 Å². The van der Waals surface area contributed by atoms with E-state index in [-0.39, 0.29) is 6.10 Å². The van der Waals surface area contributed by atoms with Gasteiger partial charge in [-0.1, -0.05) is 6.08 Å². The third-order valence-corrected chi connectivity index (χ3v) is 1.81. The molecule has 0 radical (unpaired) electrons. The van der Waals surface area contributed by atoms with Crippen molar-refractivity contribution in [1.82, 2.24) is 5.32 Å². The minimum atomic E-state index is -0.125. The molecule has 1 rings (SSSR count). The fourth-order valence-corrected chi connectivity index (χ4v) is 0.981. The molecule has 0 heterocycles. The van der Waals surface area contributed by atoms with E-state index in [4.69, 9.17) is 0 Å². The van der Waals surface area contributed by atoms with E-state index < -0.39 is 0 Å². The molecule has 0 saturated heterocycles. The van der Waals surface area contributed by atoms with E-state index in [1.807, 2.05) is 0 Å². The Balaban J connectivity index is 1.95. The van der Waals surface area contributed by atoms with Gasteiger partial charge in [-0.15, -0.1) is 6.58 Å². The lowest BCUT2D eigenvalue weighted by atomic mass is 10.2. The van der Waals surface area contributed by atoms with E-state index in [1.54, 1.807) is 6.08 Å². The molecule has 1 aliphatic carbocycles. The van der Waals surface area contributed by atoms with Crippen molar-refractivity contribution in [2.75, 3.05) is 13.1 Å². The number of nitrogens with one attached hydrogen (secondary N) is 1. The molecule has 0 aromatic heterocycles. The van der Waals surface area contributed by atoms with Gasteiger partial charge in [0.2, 0.25) is 0 Å². The van der Waals surface area contributed by atoms with Crippen LogP contribution in [0, 0.1) is 5.92 Å². The van der Waals surface area contributed by atoms with Crippen molar-refractivity contribution in [3.63, 3.8) is 0 Å². The van der Waals surface area contributed by atoms with Crippen LogP contribution in [0.25, 0.3) is 0 Å². The van der Waals surface area contributed by atoms with E-state index in [0.717, 1.165) is 13.1 Å². The molecular weight excluding hydrogens is 126 g/mol. The van der Waals surface area contributed by atoms with Crippen LogP contribution in [0.4, 0.5) is 0 Å². The van der Waals surface area contributed by atoms with Gasteiger partial charge in [0.25, 0.3) is 0 Å². The summed E-state index contributed by atoms with van der Waals surface area (Å²) in [6.07, 6.45) is 4.09. The van der Waals surface area contributed by atoms with Crippen molar-refractivity contribution < 1.29 is 5.11 Å². The Hall–Kier alpha value is -0.340. The molecule has 2 heteroatoms. The molecular formula is C8H15NO. The number of hydrogen-bond acceptors (Lipinski definition) is 2. The molecule has 1 atom stereocenters. The van der Waals surface area contributed by atoms with E-state index in [1.165, 1.54) is 12.8 Å². The van der Waals surface area contributed by atoms with Crippen LogP contribution >= 0.6 is 0 Å². The van der Waals surface area contributed by atoms with Gasteiger partial charge in [0, 0.05) is 13.1 Å². The van der Waals surface area contributed by atoms with Crippen molar-refractivity contribution in [2.45, 2.75) is 18.9 Å². The van der Waals surface area contributed by atoms with Gasteiger partial charge in [-0.3, -0.25) is 0 Å². The highest BCUT2D eigenvalue weighted by molar-refractivity contribution is 4.83. The number of hydrogen-bond donors (Lipinski definition) is 2. The first-order valence-electron chi connectivity index (χ1n) is 3.84. The Morgan fingerprint density at radius 2 is 2.40 bits per heavy atom. The Kier molecular flexibility index (Phi) is 2.90. The van der Waals surface area contributed by atoms with Crippen LogP contribution in [0.5, 0.6) is 0 Å². The van der Waals surface area contributed by atoms with Crippen LogP contribution in [0.15, 0.2) is 12.7 Å². The van der Waals surface area contributed by atoms with Crippen LogP contribution in [0.3, 0.4) is 0 Å². The SMILES string of the molecule is C=CCNCC(O)C1CC1. The molecule has 0 aromatic rings. The monoisotopic (exact) mass is 141 g/mol. The molecule has 1 saturated carbocycles. The van der Waals surface area contributed by atoms with E-state index in [0.29, 0.717) is 5.92 Å². The molecule has 1 fully saturated rings. The second kappa shape index (κ2) is 3.74. The number of aliphatic hydroxyl groups excluding tert-OH is 1. The maximum absolute atomic E-state index is 9.32. The summed E-state index contributed by atoms with van der Waals surface area (Å²) in [4.78, 5) is 0. The predicted molar refractivity (Wildman–Crippen MR) is 41.8 cm³/mol. The average Bonchev–Trinajstić information content (AvgIpc) is 2.69. The Morgan fingerprint density at radius 3 is 2.90 bits per heavy atom. The van der Waals surface area contributed by atoms with Crippen molar-refractivity contribution in [2.24, 2.45) is 5.92 Å². The fourth-order valence-electron chi connectivity index (χ4n) is 0.981. The summed E-state index contributed by atoms with van der Waals surface area (Å²) in [5.74, 6) is 0.581. The van der Waals surface area contributed by atoms with E-state index >= 15 is 0 Å². The maximum Gasteiger partial charge on any atom is 0.0692 e. The van der Waals surface area contributed by atoms with Gasteiger partial charge in [-0.2, -0.15) is 0 Å². The highest BCUT2D eigenvalue weighted by Gasteiger charge is 2.28. The smallest absolute Gasteiger partial charge is 0.0692 e. The van der Waals surface area contributed by atoms with Crippen LogP contribution < -0.4 is 5.32 Å². The normalized spacial score (nSPS) is 20.5. The average molecular weight is 141 g/mol. The van der Waals surface area contributed by atoms with Gasteiger partial charge in [0.15, 0.2) is 0 Å². The first kappa shape index (κ1) is 7.76. The van der Waals surface area contributed by atoms with Crippen LogP contribution in [-0.4, -0.2) is 24.3 Å². The second-order valence-corrected chi connectivity index (χ2v) is 2.85. The first-order valence-corrected chi connectivity index (χ1v) is 3.84. The molecule has 0 aliphatic heterocycles. The minimum Gasteiger partial charge on any atom is -0.392 e. The molecule has 0 aromatic carbocycles. The lowest BCUT2D eigenvalue weighted by Gasteiger charge is -2.07. The summed E-state index contributed by atoms with van der Waals surface area (Å²) in [5.41, 5.74) is 0. The van der Waals surface area contributed by atoms with E-state index in [9.17, 15) is 5.11 Å². The third kappa shape index (κ3) is 2.50. The molecule has 1 aliphatic rings. The minimum absolute atomic E-state index is 0.125. The summed E-state index contributed by atoms with van der Waals surface area (Å²) in [6, 6.07) is 0. The third-order valence-electron chi connectivity index (χ3n) is 1.81. The summed E-state index contributed by atoms with van der Waals surface area (Å²) >= 11 is 0. The predicted octanol–water partition coefficient (Wildman–Crippen LogP) is 0.533. The van der Waals surface area contributed by atoms with Crippen molar-refractivity contribution in [1.29, 1.82) is 0 Å². The zero-order valence-electron chi connectivity index (χ0n) is 6.21. The molecule has 2 N–H and O–H groups in total. The summed E-state index contributed by atoms with van der Waals surface area (Å²) in [6.45, 7) is 5.09. The zero-order chi connectivity index (χ0) is 7.40. The van der Waals surface area contributed by atoms with Crippen LogP contribution in [-0.2, 0) is 0 Å². The zero-order valence-corrected chi connectivity index (χ0v) is 6.21. The summed E-state index contributed by atoms with van der Waals surface area (Å²) in [5, 5.41) is 12.4. The molecule has 58 valence electrons.